The first-order valence-corrected chi connectivity index (χ1v) is 6.14. The van der Waals surface area contributed by atoms with Crippen LogP contribution < -0.4 is 10.6 Å². The molecule has 8 heteroatoms. The lowest BCUT2D eigenvalue weighted by Gasteiger charge is -2.26. The lowest BCUT2D eigenvalue weighted by atomic mass is 9.99. The molecule has 1 atom stereocenters. The highest BCUT2D eigenvalue weighted by Crippen LogP contribution is 2.12. The number of aliphatic carboxylic acids is 1. The lowest BCUT2D eigenvalue weighted by molar-refractivity contribution is -0.143. The quantitative estimate of drug-likeness (QED) is 0.657. The number of carbonyl (C=O) groups excluding carboxylic acids is 1. The van der Waals surface area contributed by atoms with Crippen molar-refractivity contribution in [3.63, 3.8) is 0 Å². The molecule has 0 radical (unpaired) electrons. The number of nitrogens with zero attached hydrogens (tertiary/aromatic N) is 3. The Kier molecular flexibility index (Phi) is 3.52. The van der Waals surface area contributed by atoms with E-state index in [9.17, 15) is 9.59 Å². The van der Waals surface area contributed by atoms with E-state index >= 15 is 0 Å². The summed E-state index contributed by atoms with van der Waals surface area (Å²) in [6.45, 7) is 4.76. The molecular formula is C11H17N5O3. The van der Waals surface area contributed by atoms with Crippen molar-refractivity contribution in [3.8, 4) is 0 Å². The van der Waals surface area contributed by atoms with Crippen LogP contribution in [0.2, 0.25) is 0 Å². The first kappa shape index (κ1) is 13.5. The molecule has 1 aliphatic heterocycles. The molecule has 1 amide bonds. The monoisotopic (exact) mass is 267 g/mol. The maximum Gasteiger partial charge on any atom is 0.329 e. The molecular weight excluding hydrogens is 250 g/mol. The molecule has 1 aromatic heterocycles. The molecule has 3 N–H and O–H groups in total. The summed E-state index contributed by atoms with van der Waals surface area (Å²) >= 11 is 0. The van der Waals surface area contributed by atoms with Crippen LogP contribution in [0.4, 0.5) is 0 Å². The normalized spacial score (nSPS) is 18.4. The van der Waals surface area contributed by atoms with Gasteiger partial charge >= 0.3 is 5.97 Å². The number of carbonyl (C=O) groups is 2. The highest BCUT2D eigenvalue weighted by molar-refractivity contribution is 5.95. The fourth-order valence-corrected chi connectivity index (χ4v) is 1.63. The number of carboxylic acid groups (broad SMARTS) is 1. The van der Waals surface area contributed by atoms with Gasteiger partial charge in [0.15, 0.2) is 5.69 Å². The van der Waals surface area contributed by atoms with E-state index in [1.165, 1.54) is 6.92 Å². The fourth-order valence-electron chi connectivity index (χ4n) is 1.63. The summed E-state index contributed by atoms with van der Waals surface area (Å²) in [5.74, 6) is -1.59. The fraction of sp³-hybridized carbons (Fsp3) is 0.636. The number of hydrogen-bond donors (Lipinski definition) is 3. The summed E-state index contributed by atoms with van der Waals surface area (Å²) in [5.41, 5.74) is -1.16. The second-order valence-corrected chi connectivity index (χ2v) is 4.84. The van der Waals surface area contributed by atoms with Crippen molar-refractivity contribution >= 4 is 11.9 Å². The molecule has 19 heavy (non-hydrogen) atoms. The van der Waals surface area contributed by atoms with Crippen molar-refractivity contribution in [1.82, 2.24) is 25.6 Å². The van der Waals surface area contributed by atoms with Crippen LogP contribution >= 0.6 is 0 Å². The second kappa shape index (κ2) is 4.96. The average Bonchev–Trinajstić information content (AvgIpc) is 2.75. The molecule has 0 spiro atoms. The molecule has 0 aromatic carbocycles. The maximum atomic E-state index is 12.0. The number of nitrogens with one attached hydrogen (secondary N) is 2. The Morgan fingerprint density at radius 1 is 1.63 bits per heavy atom. The van der Waals surface area contributed by atoms with E-state index in [1.807, 2.05) is 0 Å². The first-order chi connectivity index (χ1) is 8.96. The Hall–Kier alpha value is -1.96. The molecule has 8 nitrogen and oxygen atoms in total. The maximum absolute atomic E-state index is 12.0. The predicted molar refractivity (Wildman–Crippen MR) is 65.7 cm³/mol. The van der Waals surface area contributed by atoms with Gasteiger partial charge in [-0.3, -0.25) is 4.79 Å². The van der Waals surface area contributed by atoms with Gasteiger partial charge in [0.1, 0.15) is 5.54 Å². The van der Waals surface area contributed by atoms with Gasteiger partial charge in [-0.2, -0.15) is 0 Å². The molecule has 0 aliphatic carbocycles. The summed E-state index contributed by atoms with van der Waals surface area (Å²) in [7, 11) is 0. The standard InChI is InChI=1S/C11H17N5O3/c1-3-11(2,10(18)19)13-9(17)8-6-16(15-14-8)7-4-12-5-7/h6-7,12H,3-5H2,1-2H3,(H,13,17)(H,18,19). The van der Waals surface area contributed by atoms with Gasteiger partial charge in [-0.25, -0.2) is 9.48 Å². The molecule has 2 rings (SSSR count). The van der Waals surface area contributed by atoms with Crippen molar-refractivity contribution in [2.75, 3.05) is 13.1 Å². The van der Waals surface area contributed by atoms with Gasteiger partial charge in [0.25, 0.3) is 5.91 Å². The van der Waals surface area contributed by atoms with Gasteiger partial charge in [-0.05, 0) is 13.3 Å². The van der Waals surface area contributed by atoms with Crippen LogP contribution in [0.3, 0.4) is 0 Å². The zero-order chi connectivity index (χ0) is 14.0. The minimum atomic E-state index is -1.29. The van der Waals surface area contributed by atoms with E-state index in [1.54, 1.807) is 17.8 Å². The van der Waals surface area contributed by atoms with E-state index in [0.717, 1.165) is 13.1 Å². The zero-order valence-corrected chi connectivity index (χ0v) is 10.9. The largest absolute Gasteiger partial charge is 0.480 e. The molecule has 1 aromatic rings. The highest BCUT2D eigenvalue weighted by atomic mass is 16.4. The molecule has 1 aliphatic rings. The zero-order valence-electron chi connectivity index (χ0n) is 10.9. The van der Waals surface area contributed by atoms with Crippen LogP contribution in [0.1, 0.15) is 36.8 Å². The number of aromatic nitrogens is 3. The SMILES string of the molecule is CCC(C)(NC(=O)c1cn(C2CNC2)nn1)C(=O)O. The van der Waals surface area contributed by atoms with Gasteiger partial charge in [-0.15, -0.1) is 5.10 Å². The molecule has 1 saturated heterocycles. The summed E-state index contributed by atoms with van der Waals surface area (Å²) in [6.07, 6.45) is 1.83. The predicted octanol–water partition coefficient (Wildman–Crippen LogP) is -0.594. The Bertz CT molecular complexity index is 496. The highest BCUT2D eigenvalue weighted by Gasteiger charge is 2.34. The van der Waals surface area contributed by atoms with Crippen LogP contribution in [0.15, 0.2) is 6.20 Å². The van der Waals surface area contributed by atoms with Gasteiger partial charge in [0.2, 0.25) is 0 Å². The van der Waals surface area contributed by atoms with Gasteiger partial charge in [-0.1, -0.05) is 12.1 Å². The number of amides is 1. The van der Waals surface area contributed by atoms with Crippen LogP contribution in [0.5, 0.6) is 0 Å². The van der Waals surface area contributed by atoms with Crippen molar-refractivity contribution < 1.29 is 14.7 Å². The summed E-state index contributed by atoms with van der Waals surface area (Å²) in [6, 6.07) is 0.214. The summed E-state index contributed by atoms with van der Waals surface area (Å²) in [5, 5.41) is 22.3. The molecule has 0 saturated carbocycles. The first-order valence-electron chi connectivity index (χ1n) is 6.14. The van der Waals surface area contributed by atoms with Crippen molar-refractivity contribution in [3.05, 3.63) is 11.9 Å². The van der Waals surface area contributed by atoms with Gasteiger partial charge < -0.3 is 15.7 Å². The third kappa shape index (κ3) is 2.58. The smallest absolute Gasteiger partial charge is 0.329 e. The molecule has 2 heterocycles. The van der Waals surface area contributed by atoms with Crippen LogP contribution in [0, 0.1) is 0 Å². The van der Waals surface area contributed by atoms with Gasteiger partial charge in [0.05, 0.1) is 12.2 Å². The molecule has 104 valence electrons. The van der Waals surface area contributed by atoms with E-state index in [4.69, 9.17) is 5.11 Å². The number of carboxylic acids is 1. The van der Waals surface area contributed by atoms with E-state index < -0.39 is 17.4 Å². The Morgan fingerprint density at radius 3 is 2.79 bits per heavy atom. The van der Waals surface area contributed by atoms with E-state index in [-0.39, 0.29) is 18.2 Å². The van der Waals surface area contributed by atoms with Crippen molar-refractivity contribution in [1.29, 1.82) is 0 Å². The molecule has 1 fully saturated rings. The summed E-state index contributed by atoms with van der Waals surface area (Å²) in [4.78, 5) is 23.1. The van der Waals surface area contributed by atoms with Gasteiger partial charge in [0, 0.05) is 13.1 Å². The van der Waals surface area contributed by atoms with E-state index in [0.29, 0.717) is 0 Å². The lowest BCUT2D eigenvalue weighted by Crippen LogP contribution is -2.51. The summed E-state index contributed by atoms with van der Waals surface area (Å²) < 4.78 is 1.62. The third-order valence-corrected chi connectivity index (χ3v) is 3.45. The molecule has 1 unspecified atom stereocenters. The Labute approximate surface area is 110 Å². The number of hydrogen-bond acceptors (Lipinski definition) is 5. The minimum Gasteiger partial charge on any atom is -0.480 e. The van der Waals surface area contributed by atoms with E-state index in [2.05, 4.69) is 20.9 Å². The number of rotatable bonds is 5. The Morgan fingerprint density at radius 2 is 2.32 bits per heavy atom. The Balaban J connectivity index is 2.07. The third-order valence-electron chi connectivity index (χ3n) is 3.45. The minimum absolute atomic E-state index is 0.132. The topological polar surface area (TPSA) is 109 Å². The van der Waals surface area contributed by atoms with Crippen LogP contribution in [-0.4, -0.2) is 50.6 Å². The van der Waals surface area contributed by atoms with Crippen molar-refractivity contribution in [2.24, 2.45) is 0 Å². The van der Waals surface area contributed by atoms with Crippen LogP contribution in [0.25, 0.3) is 0 Å². The van der Waals surface area contributed by atoms with Crippen molar-refractivity contribution in [2.45, 2.75) is 31.8 Å². The average molecular weight is 267 g/mol. The van der Waals surface area contributed by atoms with Crippen LogP contribution in [-0.2, 0) is 4.79 Å². The second-order valence-electron chi connectivity index (χ2n) is 4.84. The molecule has 0 bridgehead atoms.